The molecule has 2 unspecified atom stereocenters. The molecule has 1 saturated carbocycles. The number of carboxylic acid groups (broad SMARTS) is 1. The molecule has 2 aromatic heterocycles. The molecule has 0 amide bonds. The van der Waals surface area contributed by atoms with Crippen LogP contribution in [0.4, 0.5) is 0 Å². The summed E-state index contributed by atoms with van der Waals surface area (Å²) in [5.74, 6) is -0.681. The van der Waals surface area contributed by atoms with Crippen LogP contribution in [0.25, 0.3) is 11.4 Å². The number of aryl methyl sites for hydroxylation is 1. The summed E-state index contributed by atoms with van der Waals surface area (Å²) in [4.78, 5) is 15.4. The van der Waals surface area contributed by atoms with Crippen LogP contribution in [0.2, 0.25) is 0 Å². The maximum atomic E-state index is 11.1. The van der Waals surface area contributed by atoms with Crippen LogP contribution in [0.3, 0.4) is 0 Å². The van der Waals surface area contributed by atoms with Gasteiger partial charge in [-0.1, -0.05) is 19.0 Å². The van der Waals surface area contributed by atoms with Gasteiger partial charge in [0.25, 0.3) is 0 Å². The van der Waals surface area contributed by atoms with E-state index in [0.29, 0.717) is 11.7 Å². The summed E-state index contributed by atoms with van der Waals surface area (Å²) in [6, 6.07) is 0. The predicted molar refractivity (Wildman–Crippen MR) is 64.1 cm³/mol. The lowest BCUT2D eigenvalue weighted by atomic mass is 10.1. The summed E-state index contributed by atoms with van der Waals surface area (Å²) in [7, 11) is 1.80. The van der Waals surface area contributed by atoms with Crippen molar-refractivity contribution in [3.8, 4) is 11.4 Å². The van der Waals surface area contributed by atoms with Crippen molar-refractivity contribution in [3.05, 3.63) is 18.3 Å². The minimum absolute atomic E-state index is 0.220. The minimum atomic E-state index is -0.823. The summed E-state index contributed by atoms with van der Waals surface area (Å²) < 4.78 is 6.85. The number of hydrogen-bond acceptors (Lipinski definition) is 5. The van der Waals surface area contributed by atoms with E-state index >= 15 is 0 Å². The first-order chi connectivity index (χ1) is 8.91. The van der Waals surface area contributed by atoms with E-state index in [0.717, 1.165) is 5.56 Å². The fourth-order valence-corrected chi connectivity index (χ4v) is 2.57. The number of carboxylic acids is 1. The summed E-state index contributed by atoms with van der Waals surface area (Å²) >= 11 is 0. The number of nitrogens with zero attached hydrogens (tertiary/aromatic N) is 4. The van der Waals surface area contributed by atoms with Crippen LogP contribution in [-0.2, 0) is 11.8 Å². The molecule has 3 rings (SSSR count). The molecule has 7 heteroatoms. The zero-order valence-corrected chi connectivity index (χ0v) is 10.9. The van der Waals surface area contributed by atoms with Gasteiger partial charge in [-0.2, -0.15) is 10.1 Å². The highest BCUT2D eigenvalue weighted by Gasteiger charge is 2.65. The molecule has 2 atom stereocenters. The van der Waals surface area contributed by atoms with E-state index in [1.807, 2.05) is 13.8 Å². The van der Waals surface area contributed by atoms with E-state index in [2.05, 4.69) is 15.2 Å². The maximum Gasteiger partial charge on any atom is 0.307 e. The van der Waals surface area contributed by atoms with Gasteiger partial charge >= 0.3 is 5.97 Å². The molecule has 100 valence electrons. The molecule has 0 aromatic carbocycles. The Balaban J connectivity index is 1.89. The summed E-state index contributed by atoms with van der Waals surface area (Å²) in [6.45, 7) is 3.79. The Labute approximate surface area is 109 Å². The van der Waals surface area contributed by atoms with Gasteiger partial charge in [-0.05, 0) is 5.41 Å². The number of rotatable bonds is 3. The van der Waals surface area contributed by atoms with Crippen molar-refractivity contribution in [2.24, 2.45) is 18.4 Å². The largest absolute Gasteiger partial charge is 0.481 e. The van der Waals surface area contributed by atoms with E-state index in [1.54, 1.807) is 24.1 Å². The van der Waals surface area contributed by atoms with Gasteiger partial charge in [0, 0.05) is 13.2 Å². The maximum absolute atomic E-state index is 11.1. The Morgan fingerprint density at radius 2 is 2.26 bits per heavy atom. The van der Waals surface area contributed by atoms with Gasteiger partial charge in [0.1, 0.15) is 0 Å². The molecule has 0 aliphatic heterocycles. The van der Waals surface area contributed by atoms with E-state index in [9.17, 15) is 4.79 Å². The quantitative estimate of drug-likeness (QED) is 0.895. The smallest absolute Gasteiger partial charge is 0.307 e. The number of hydrogen-bond donors (Lipinski definition) is 1. The predicted octanol–water partition coefficient (Wildman–Crippen LogP) is 1.29. The Morgan fingerprint density at radius 3 is 2.79 bits per heavy atom. The number of aromatic nitrogens is 4. The molecule has 1 aliphatic rings. The number of aliphatic carboxylic acids is 1. The molecule has 19 heavy (non-hydrogen) atoms. The summed E-state index contributed by atoms with van der Waals surface area (Å²) in [6.07, 6.45) is 3.42. The van der Waals surface area contributed by atoms with Crippen molar-refractivity contribution in [3.63, 3.8) is 0 Å². The summed E-state index contributed by atoms with van der Waals surface area (Å²) in [5, 5.41) is 17.1. The molecule has 2 aromatic rings. The van der Waals surface area contributed by atoms with Crippen LogP contribution >= 0.6 is 0 Å². The van der Waals surface area contributed by atoms with Crippen LogP contribution < -0.4 is 0 Å². The lowest BCUT2D eigenvalue weighted by Gasteiger charge is -1.96. The lowest BCUT2D eigenvalue weighted by molar-refractivity contribution is -0.139. The second-order valence-corrected chi connectivity index (χ2v) is 5.47. The topological polar surface area (TPSA) is 94.0 Å². The van der Waals surface area contributed by atoms with Crippen molar-refractivity contribution in [2.45, 2.75) is 19.8 Å². The van der Waals surface area contributed by atoms with Gasteiger partial charge < -0.3 is 9.63 Å². The zero-order valence-electron chi connectivity index (χ0n) is 10.9. The van der Waals surface area contributed by atoms with E-state index < -0.39 is 11.9 Å². The van der Waals surface area contributed by atoms with Crippen LogP contribution in [-0.4, -0.2) is 31.0 Å². The Morgan fingerprint density at radius 1 is 1.53 bits per heavy atom. The van der Waals surface area contributed by atoms with E-state index in [4.69, 9.17) is 9.63 Å². The average molecular weight is 262 g/mol. The van der Waals surface area contributed by atoms with Gasteiger partial charge in [0.2, 0.25) is 11.7 Å². The molecule has 1 fully saturated rings. The Hall–Kier alpha value is -2.18. The number of carbonyl (C=O) groups is 1. The lowest BCUT2D eigenvalue weighted by Crippen LogP contribution is -2.03. The Bertz CT molecular complexity index is 643. The SMILES string of the molecule is Cn1cc(-c2noc(C3C(C(=O)O)C3(C)C)n2)cn1. The van der Waals surface area contributed by atoms with Gasteiger partial charge in [0.15, 0.2) is 0 Å². The minimum Gasteiger partial charge on any atom is -0.481 e. The second kappa shape index (κ2) is 3.66. The molecular formula is C12H14N4O3. The third-order valence-corrected chi connectivity index (χ3v) is 3.76. The molecule has 0 spiro atoms. The molecule has 0 saturated heterocycles. The summed E-state index contributed by atoms with van der Waals surface area (Å²) in [5.41, 5.74) is 0.410. The van der Waals surface area contributed by atoms with Crippen LogP contribution in [0.5, 0.6) is 0 Å². The zero-order chi connectivity index (χ0) is 13.8. The third-order valence-electron chi connectivity index (χ3n) is 3.76. The fourth-order valence-electron chi connectivity index (χ4n) is 2.57. The van der Waals surface area contributed by atoms with Crippen molar-refractivity contribution >= 4 is 5.97 Å². The van der Waals surface area contributed by atoms with Gasteiger partial charge in [-0.25, -0.2) is 0 Å². The van der Waals surface area contributed by atoms with E-state index in [1.165, 1.54) is 0 Å². The first-order valence-electron chi connectivity index (χ1n) is 5.96. The first kappa shape index (κ1) is 11.9. The molecule has 7 nitrogen and oxygen atoms in total. The van der Waals surface area contributed by atoms with Crippen LogP contribution in [0.1, 0.15) is 25.7 Å². The molecule has 0 bridgehead atoms. The monoisotopic (exact) mass is 262 g/mol. The Kier molecular flexibility index (Phi) is 2.29. The van der Waals surface area contributed by atoms with E-state index in [-0.39, 0.29) is 11.3 Å². The molecule has 2 heterocycles. The highest BCUT2D eigenvalue weighted by molar-refractivity contribution is 5.77. The van der Waals surface area contributed by atoms with Gasteiger partial charge in [-0.3, -0.25) is 9.48 Å². The molecule has 1 aliphatic carbocycles. The van der Waals surface area contributed by atoms with Gasteiger partial charge in [0.05, 0.1) is 23.6 Å². The molecule has 0 radical (unpaired) electrons. The first-order valence-corrected chi connectivity index (χ1v) is 5.96. The van der Waals surface area contributed by atoms with Crippen molar-refractivity contribution < 1.29 is 14.4 Å². The normalized spacial score (nSPS) is 24.4. The van der Waals surface area contributed by atoms with Gasteiger partial charge in [-0.15, -0.1) is 0 Å². The fraction of sp³-hybridized carbons (Fsp3) is 0.500. The third kappa shape index (κ3) is 1.73. The highest BCUT2D eigenvalue weighted by atomic mass is 16.5. The van der Waals surface area contributed by atoms with Crippen molar-refractivity contribution in [1.82, 2.24) is 19.9 Å². The van der Waals surface area contributed by atoms with Crippen molar-refractivity contribution in [1.29, 1.82) is 0 Å². The molecular weight excluding hydrogens is 248 g/mol. The highest BCUT2D eigenvalue weighted by Crippen LogP contribution is 2.64. The van der Waals surface area contributed by atoms with Crippen molar-refractivity contribution in [2.75, 3.05) is 0 Å². The molecule has 1 N–H and O–H groups in total. The second-order valence-electron chi connectivity index (χ2n) is 5.47. The van der Waals surface area contributed by atoms with Crippen LogP contribution in [0.15, 0.2) is 16.9 Å². The van der Waals surface area contributed by atoms with Crippen LogP contribution in [0, 0.1) is 11.3 Å². The average Bonchev–Trinajstić information content (AvgIpc) is 2.76. The standard InChI is InChI=1S/C12H14N4O3/c1-12(2)7(8(12)11(17)18)10-14-9(15-19-10)6-4-13-16(3)5-6/h4-5,7-8H,1-3H3,(H,17,18).